The van der Waals surface area contributed by atoms with Crippen molar-refractivity contribution in [3.05, 3.63) is 83.2 Å². The van der Waals surface area contributed by atoms with E-state index in [1.807, 2.05) is 20.8 Å². The summed E-state index contributed by atoms with van der Waals surface area (Å²) in [6.45, 7) is 5.79. The number of aliphatic hydroxyl groups is 1. The summed E-state index contributed by atoms with van der Waals surface area (Å²) in [7, 11) is 0. The number of hydrogen-bond acceptors (Lipinski definition) is 7. The topological polar surface area (TPSA) is 98.2 Å². The minimum Gasteiger partial charge on any atom is -0.507 e. The molecule has 5 rings (SSSR count). The molecule has 2 aromatic carbocycles. The second-order valence-electron chi connectivity index (χ2n) is 8.61. The molecule has 0 spiro atoms. The Hall–Kier alpha value is -4.33. The molecule has 1 unspecified atom stereocenters. The van der Waals surface area contributed by atoms with Crippen LogP contribution in [0.15, 0.2) is 66.4 Å². The predicted molar refractivity (Wildman–Crippen MR) is 129 cm³/mol. The highest BCUT2D eigenvalue weighted by molar-refractivity contribution is 6.51. The van der Waals surface area contributed by atoms with E-state index >= 15 is 0 Å². The van der Waals surface area contributed by atoms with E-state index in [1.165, 1.54) is 4.90 Å². The third-order valence-electron chi connectivity index (χ3n) is 5.86. The van der Waals surface area contributed by atoms with Gasteiger partial charge in [0, 0.05) is 23.5 Å². The Morgan fingerprint density at radius 1 is 1.09 bits per heavy atom. The van der Waals surface area contributed by atoms with Crippen molar-refractivity contribution in [2.45, 2.75) is 32.9 Å². The number of ketones is 1. The number of aliphatic hydroxyl groups excluding tert-OH is 1. The number of carbonyl (C=O) groups is 2. The summed E-state index contributed by atoms with van der Waals surface area (Å²) in [5.74, 6) is -0.131. The largest absolute Gasteiger partial charge is 0.507 e. The summed E-state index contributed by atoms with van der Waals surface area (Å²) >= 11 is 0. The summed E-state index contributed by atoms with van der Waals surface area (Å²) in [5, 5.41) is 11.3. The zero-order chi connectivity index (χ0) is 24.7. The van der Waals surface area contributed by atoms with Gasteiger partial charge in [-0.1, -0.05) is 6.07 Å². The molecule has 1 aromatic heterocycles. The molecule has 0 bridgehead atoms. The lowest BCUT2D eigenvalue weighted by Gasteiger charge is -2.24. The molecule has 2 aliphatic rings. The monoisotopic (exact) mass is 472 g/mol. The van der Waals surface area contributed by atoms with Gasteiger partial charge < -0.3 is 19.3 Å². The van der Waals surface area contributed by atoms with E-state index in [2.05, 4.69) is 4.98 Å². The SMILES string of the molecule is Cc1cc(/C(O)=C2\C(=O)C(=O)N(c3ccc4c(c3)OCO4)C2c2ccccn2)ccc1OC(C)C. The van der Waals surface area contributed by atoms with Crippen LogP contribution in [0.4, 0.5) is 5.69 Å². The molecule has 1 fully saturated rings. The highest BCUT2D eigenvalue weighted by atomic mass is 16.7. The van der Waals surface area contributed by atoms with E-state index in [0.717, 1.165) is 5.56 Å². The third-order valence-corrected chi connectivity index (χ3v) is 5.86. The Labute approximate surface area is 202 Å². The number of benzene rings is 2. The Kier molecular flexibility index (Phi) is 5.64. The van der Waals surface area contributed by atoms with Gasteiger partial charge in [0.25, 0.3) is 11.7 Å². The van der Waals surface area contributed by atoms with E-state index in [1.54, 1.807) is 60.8 Å². The van der Waals surface area contributed by atoms with Crippen molar-refractivity contribution >= 4 is 23.1 Å². The Morgan fingerprint density at radius 3 is 2.60 bits per heavy atom. The van der Waals surface area contributed by atoms with E-state index < -0.39 is 17.7 Å². The number of amides is 1. The molecular formula is C27H24N2O6. The van der Waals surface area contributed by atoms with Crippen molar-refractivity contribution in [1.29, 1.82) is 0 Å². The number of rotatable bonds is 5. The molecule has 3 heterocycles. The van der Waals surface area contributed by atoms with Crippen LogP contribution in [0.25, 0.3) is 5.76 Å². The van der Waals surface area contributed by atoms with Gasteiger partial charge in [0.15, 0.2) is 11.5 Å². The maximum atomic E-state index is 13.3. The molecule has 1 saturated heterocycles. The fraction of sp³-hybridized carbons (Fsp3) is 0.222. The number of anilines is 1. The molecule has 1 amide bonds. The zero-order valence-corrected chi connectivity index (χ0v) is 19.5. The molecular weight excluding hydrogens is 448 g/mol. The van der Waals surface area contributed by atoms with E-state index in [0.29, 0.717) is 34.2 Å². The van der Waals surface area contributed by atoms with Gasteiger partial charge in [-0.3, -0.25) is 19.5 Å². The number of pyridine rings is 1. The van der Waals surface area contributed by atoms with E-state index in [9.17, 15) is 14.7 Å². The Balaban J connectivity index is 1.65. The van der Waals surface area contributed by atoms with Gasteiger partial charge in [-0.05, 0) is 68.8 Å². The Bertz CT molecular complexity index is 1350. The average Bonchev–Trinajstić information content (AvgIpc) is 3.42. The van der Waals surface area contributed by atoms with Crippen LogP contribution in [-0.4, -0.2) is 34.7 Å². The van der Waals surface area contributed by atoms with Crippen LogP contribution in [0.1, 0.15) is 36.7 Å². The molecule has 8 nitrogen and oxygen atoms in total. The van der Waals surface area contributed by atoms with Crippen LogP contribution in [-0.2, 0) is 9.59 Å². The minimum absolute atomic E-state index is 0.00988. The predicted octanol–water partition coefficient (Wildman–Crippen LogP) is 4.53. The van der Waals surface area contributed by atoms with Gasteiger partial charge in [-0.15, -0.1) is 0 Å². The van der Waals surface area contributed by atoms with Crippen LogP contribution in [0.3, 0.4) is 0 Å². The number of aryl methyl sites for hydroxylation is 1. The molecule has 178 valence electrons. The fourth-order valence-corrected chi connectivity index (χ4v) is 4.29. The molecule has 1 N–H and O–H groups in total. The number of fused-ring (bicyclic) bond motifs is 1. The molecule has 0 saturated carbocycles. The second-order valence-corrected chi connectivity index (χ2v) is 8.61. The van der Waals surface area contributed by atoms with Gasteiger partial charge in [-0.2, -0.15) is 0 Å². The van der Waals surface area contributed by atoms with Crippen LogP contribution in [0, 0.1) is 6.92 Å². The van der Waals surface area contributed by atoms with Crippen LogP contribution < -0.4 is 19.1 Å². The molecule has 0 aliphatic carbocycles. The average molecular weight is 472 g/mol. The first kappa shape index (κ1) is 22.5. The zero-order valence-electron chi connectivity index (χ0n) is 19.5. The van der Waals surface area contributed by atoms with Gasteiger partial charge >= 0.3 is 0 Å². The summed E-state index contributed by atoms with van der Waals surface area (Å²) in [6, 6.07) is 14.5. The highest BCUT2D eigenvalue weighted by Crippen LogP contribution is 2.44. The molecule has 35 heavy (non-hydrogen) atoms. The van der Waals surface area contributed by atoms with Crippen molar-refractivity contribution < 1.29 is 28.9 Å². The maximum Gasteiger partial charge on any atom is 0.300 e. The quantitative estimate of drug-likeness (QED) is 0.331. The molecule has 1 atom stereocenters. The van der Waals surface area contributed by atoms with Crippen LogP contribution >= 0.6 is 0 Å². The van der Waals surface area contributed by atoms with Gasteiger partial charge in [0.1, 0.15) is 17.6 Å². The molecule has 0 radical (unpaired) electrons. The van der Waals surface area contributed by atoms with E-state index in [4.69, 9.17) is 14.2 Å². The standard InChI is InChI=1S/C27H24N2O6/c1-15(2)35-20-9-7-17(12-16(20)3)25(30)23-24(19-6-4-5-11-28-19)29(27(32)26(23)31)18-8-10-21-22(13-18)34-14-33-21/h4-13,15,24,30H,14H2,1-3H3/b25-23+. The number of hydrogen-bond donors (Lipinski definition) is 1. The smallest absolute Gasteiger partial charge is 0.300 e. The minimum atomic E-state index is -0.927. The van der Waals surface area contributed by atoms with Crippen LogP contribution in [0.5, 0.6) is 17.2 Å². The van der Waals surface area contributed by atoms with Gasteiger partial charge in [0.05, 0.1) is 17.4 Å². The van der Waals surface area contributed by atoms with Crippen molar-refractivity contribution in [2.24, 2.45) is 0 Å². The number of nitrogens with zero attached hydrogens (tertiary/aromatic N) is 2. The molecule has 3 aromatic rings. The number of aromatic nitrogens is 1. The third kappa shape index (κ3) is 3.97. The van der Waals surface area contributed by atoms with Crippen molar-refractivity contribution in [3.63, 3.8) is 0 Å². The summed E-state index contributed by atoms with van der Waals surface area (Å²) in [4.78, 5) is 32.3. The van der Waals surface area contributed by atoms with Crippen molar-refractivity contribution in [1.82, 2.24) is 4.98 Å². The van der Waals surface area contributed by atoms with Crippen molar-refractivity contribution in [3.8, 4) is 17.2 Å². The van der Waals surface area contributed by atoms with Gasteiger partial charge in [-0.25, -0.2) is 0 Å². The number of ether oxygens (including phenoxy) is 3. The summed E-state index contributed by atoms with van der Waals surface area (Å²) in [6.07, 6.45) is 1.57. The summed E-state index contributed by atoms with van der Waals surface area (Å²) < 4.78 is 16.6. The fourth-order valence-electron chi connectivity index (χ4n) is 4.29. The maximum absolute atomic E-state index is 13.3. The first-order valence-corrected chi connectivity index (χ1v) is 11.2. The van der Waals surface area contributed by atoms with Gasteiger partial charge in [0.2, 0.25) is 6.79 Å². The first-order valence-electron chi connectivity index (χ1n) is 11.2. The highest BCUT2D eigenvalue weighted by Gasteiger charge is 2.48. The first-order chi connectivity index (χ1) is 16.8. The summed E-state index contributed by atoms with van der Waals surface area (Å²) in [5.41, 5.74) is 2.04. The van der Waals surface area contributed by atoms with Crippen LogP contribution in [0.2, 0.25) is 0 Å². The second kappa shape index (κ2) is 8.79. The molecule has 2 aliphatic heterocycles. The van der Waals surface area contributed by atoms with E-state index in [-0.39, 0.29) is 24.2 Å². The number of Topliss-reactive ketones (excluding diaryl/α,β-unsaturated/α-hetero) is 1. The Morgan fingerprint density at radius 2 is 1.89 bits per heavy atom. The lowest BCUT2D eigenvalue weighted by molar-refractivity contribution is -0.132. The normalized spacial score (nSPS) is 18.4. The lowest BCUT2D eigenvalue weighted by atomic mass is 9.97. The van der Waals surface area contributed by atoms with Crippen molar-refractivity contribution in [2.75, 3.05) is 11.7 Å². The lowest BCUT2D eigenvalue weighted by Crippen LogP contribution is -2.29. The molecule has 8 heteroatoms. The number of carbonyl (C=O) groups excluding carboxylic acids is 2.